The van der Waals surface area contributed by atoms with E-state index in [9.17, 15) is 0 Å². The molecule has 5 heteroatoms. The molecule has 0 bridgehead atoms. The van der Waals surface area contributed by atoms with E-state index in [4.69, 9.17) is 5.73 Å². The molecule has 0 aliphatic rings. The predicted molar refractivity (Wildman–Crippen MR) is 70.1 cm³/mol. The largest absolute Gasteiger partial charge is 0.350 e. The fourth-order valence-electron chi connectivity index (χ4n) is 1.30. The number of rotatable bonds is 4. The van der Waals surface area contributed by atoms with Crippen molar-refractivity contribution in [3.8, 4) is 0 Å². The number of aromatic nitrogens is 2. The summed E-state index contributed by atoms with van der Waals surface area (Å²) < 4.78 is 4.40. The van der Waals surface area contributed by atoms with Crippen molar-refractivity contribution in [2.45, 2.75) is 33.1 Å². The first-order valence-corrected chi connectivity index (χ1v) is 6.37. The van der Waals surface area contributed by atoms with Crippen LogP contribution in [-0.4, -0.2) is 29.5 Å². The fraction of sp³-hybridized carbons (Fsp3) is 0.818. The molecule has 1 atom stereocenters. The Morgan fingerprint density at radius 1 is 1.44 bits per heavy atom. The molecule has 0 spiro atoms. The first-order chi connectivity index (χ1) is 7.34. The first-order valence-electron chi connectivity index (χ1n) is 5.60. The third-order valence-corrected chi connectivity index (χ3v) is 3.23. The molecule has 1 aromatic heterocycles. The van der Waals surface area contributed by atoms with E-state index in [1.54, 1.807) is 0 Å². The van der Waals surface area contributed by atoms with Gasteiger partial charge in [-0.3, -0.25) is 0 Å². The minimum Gasteiger partial charge on any atom is -0.350 e. The summed E-state index contributed by atoms with van der Waals surface area (Å²) in [7, 11) is 2.04. The lowest BCUT2D eigenvalue weighted by Crippen LogP contribution is -2.28. The van der Waals surface area contributed by atoms with Gasteiger partial charge in [-0.1, -0.05) is 27.7 Å². The summed E-state index contributed by atoms with van der Waals surface area (Å²) in [5.41, 5.74) is 5.64. The van der Waals surface area contributed by atoms with Crippen LogP contribution >= 0.6 is 11.5 Å². The minimum atomic E-state index is 0.0229. The van der Waals surface area contributed by atoms with Crippen LogP contribution in [0.25, 0.3) is 0 Å². The summed E-state index contributed by atoms with van der Waals surface area (Å²) in [6.07, 6.45) is 0. The second kappa shape index (κ2) is 5.10. The lowest BCUT2D eigenvalue weighted by Gasteiger charge is -2.19. The molecule has 0 fully saturated rings. The number of hydrogen-bond donors (Lipinski definition) is 1. The van der Waals surface area contributed by atoms with E-state index >= 15 is 0 Å². The van der Waals surface area contributed by atoms with Crippen LogP contribution in [0, 0.1) is 5.92 Å². The summed E-state index contributed by atoms with van der Waals surface area (Å²) in [6, 6.07) is 0. The highest BCUT2D eigenvalue weighted by atomic mass is 32.1. The second-order valence-electron chi connectivity index (χ2n) is 5.37. The Labute approximate surface area is 102 Å². The van der Waals surface area contributed by atoms with Gasteiger partial charge in [0.2, 0.25) is 5.13 Å². The summed E-state index contributed by atoms with van der Waals surface area (Å²) in [5.74, 6) is 1.40. The molecular formula is C11H22N4S. The zero-order valence-electron chi connectivity index (χ0n) is 10.8. The van der Waals surface area contributed by atoms with Crippen molar-refractivity contribution in [3.63, 3.8) is 0 Å². The Bertz CT molecular complexity index is 329. The van der Waals surface area contributed by atoms with Crippen molar-refractivity contribution in [2.24, 2.45) is 11.7 Å². The summed E-state index contributed by atoms with van der Waals surface area (Å²) >= 11 is 1.46. The second-order valence-corrected chi connectivity index (χ2v) is 6.10. The van der Waals surface area contributed by atoms with Crippen LogP contribution < -0.4 is 10.6 Å². The van der Waals surface area contributed by atoms with Crippen LogP contribution in [-0.2, 0) is 5.41 Å². The Morgan fingerprint density at radius 2 is 2.06 bits per heavy atom. The molecule has 0 aromatic carbocycles. The van der Waals surface area contributed by atoms with Crippen molar-refractivity contribution in [1.29, 1.82) is 0 Å². The Hall–Kier alpha value is -0.680. The number of anilines is 1. The van der Waals surface area contributed by atoms with Gasteiger partial charge < -0.3 is 10.6 Å². The summed E-state index contributed by atoms with van der Waals surface area (Å²) in [4.78, 5) is 6.69. The Morgan fingerprint density at radius 3 is 2.50 bits per heavy atom. The van der Waals surface area contributed by atoms with Gasteiger partial charge in [0.1, 0.15) is 5.82 Å². The van der Waals surface area contributed by atoms with Crippen molar-refractivity contribution in [2.75, 3.05) is 25.0 Å². The number of hydrogen-bond acceptors (Lipinski definition) is 5. The zero-order chi connectivity index (χ0) is 12.3. The van der Waals surface area contributed by atoms with Gasteiger partial charge in [0.25, 0.3) is 0 Å². The average molecular weight is 242 g/mol. The highest BCUT2D eigenvalue weighted by Crippen LogP contribution is 2.24. The quantitative estimate of drug-likeness (QED) is 0.875. The predicted octanol–water partition coefficient (Wildman–Crippen LogP) is 1.87. The van der Waals surface area contributed by atoms with Crippen LogP contribution in [0.5, 0.6) is 0 Å². The van der Waals surface area contributed by atoms with Crippen LogP contribution in [0.3, 0.4) is 0 Å². The number of nitrogens with zero attached hydrogens (tertiary/aromatic N) is 3. The molecule has 0 aliphatic carbocycles. The maximum atomic E-state index is 5.61. The monoisotopic (exact) mass is 242 g/mol. The van der Waals surface area contributed by atoms with E-state index in [-0.39, 0.29) is 5.41 Å². The Kier molecular flexibility index (Phi) is 4.27. The third kappa shape index (κ3) is 3.42. The maximum Gasteiger partial charge on any atom is 0.204 e. The van der Waals surface area contributed by atoms with E-state index in [0.29, 0.717) is 12.5 Å². The molecule has 1 heterocycles. The van der Waals surface area contributed by atoms with Crippen molar-refractivity contribution >= 4 is 16.7 Å². The smallest absolute Gasteiger partial charge is 0.204 e. The molecule has 1 rings (SSSR count). The SMILES string of the molecule is CC(CN)CN(C)c1nc(C(C)(C)C)ns1. The topological polar surface area (TPSA) is 55.0 Å². The van der Waals surface area contributed by atoms with E-state index in [2.05, 4.69) is 42.0 Å². The van der Waals surface area contributed by atoms with Crippen molar-refractivity contribution < 1.29 is 0 Å². The molecule has 0 saturated carbocycles. The van der Waals surface area contributed by atoms with Gasteiger partial charge in [0.15, 0.2) is 0 Å². The molecular weight excluding hydrogens is 220 g/mol. The van der Waals surface area contributed by atoms with Crippen LogP contribution in [0.2, 0.25) is 0 Å². The highest BCUT2D eigenvalue weighted by Gasteiger charge is 2.20. The standard InChI is InChI=1S/C11H22N4S/c1-8(6-12)7-15(5)10-13-9(14-16-10)11(2,3)4/h8H,6-7,12H2,1-5H3. The highest BCUT2D eigenvalue weighted by molar-refractivity contribution is 7.09. The molecule has 0 saturated heterocycles. The molecule has 4 nitrogen and oxygen atoms in total. The molecule has 92 valence electrons. The van der Waals surface area contributed by atoms with Gasteiger partial charge in [-0.2, -0.15) is 4.37 Å². The molecule has 2 N–H and O–H groups in total. The van der Waals surface area contributed by atoms with Gasteiger partial charge >= 0.3 is 0 Å². The number of nitrogens with two attached hydrogens (primary N) is 1. The van der Waals surface area contributed by atoms with Gasteiger partial charge in [-0.15, -0.1) is 0 Å². The molecule has 0 amide bonds. The van der Waals surface area contributed by atoms with E-state index < -0.39 is 0 Å². The van der Waals surface area contributed by atoms with Gasteiger partial charge in [-0.25, -0.2) is 4.98 Å². The molecule has 0 aliphatic heterocycles. The van der Waals surface area contributed by atoms with Crippen LogP contribution in [0.15, 0.2) is 0 Å². The van der Waals surface area contributed by atoms with Crippen LogP contribution in [0.1, 0.15) is 33.5 Å². The van der Waals surface area contributed by atoms with Gasteiger partial charge in [-0.05, 0) is 12.5 Å². The van der Waals surface area contributed by atoms with Gasteiger partial charge in [0.05, 0.1) is 0 Å². The van der Waals surface area contributed by atoms with Crippen molar-refractivity contribution in [1.82, 2.24) is 9.36 Å². The lowest BCUT2D eigenvalue weighted by atomic mass is 9.96. The zero-order valence-corrected chi connectivity index (χ0v) is 11.6. The van der Waals surface area contributed by atoms with Crippen molar-refractivity contribution in [3.05, 3.63) is 5.82 Å². The normalized spacial score (nSPS) is 13.9. The molecule has 16 heavy (non-hydrogen) atoms. The van der Waals surface area contributed by atoms with Gasteiger partial charge in [0, 0.05) is 30.5 Å². The fourth-order valence-corrected chi connectivity index (χ4v) is 2.12. The minimum absolute atomic E-state index is 0.0229. The van der Waals surface area contributed by atoms with E-state index in [1.165, 1.54) is 11.5 Å². The first kappa shape index (κ1) is 13.4. The molecule has 0 radical (unpaired) electrons. The van der Waals surface area contributed by atoms with Crippen LogP contribution in [0.4, 0.5) is 5.13 Å². The van der Waals surface area contributed by atoms with E-state index in [1.807, 2.05) is 7.05 Å². The van der Waals surface area contributed by atoms with E-state index in [0.717, 1.165) is 17.5 Å². The maximum absolute atomic E-state index is 5.61. The summed E-state index contributed by atoms with van der Waals surface area (Å²) in [5, 5.41) is 0.977. The molecule has 1 aromatic rings. The average Bonchev–Trinajstić information content (AvgIpc) is 2.65. The lowest BCUT2D eigenvalue weighted by molar-refractivity contribution is 0.552. The molecule has 1 unspecified atom stereocenters. The third-order valence-electron chi connectivity index (χ3n) is 2.40. The Balaban J connectivity index is 2.71. The summed E-state index contributed by atoms with van der Waals surface area (Å²) in [6.45, 7) is 10.1.